The van der Waals surface area contributed by atoms with Crippen molar-refractivity contribution in [2.75, 3.05) is 30.7 Å². The second-order valence-corrected chi connectivity index (χ2v) is 9.84. The summed E-state index contributed by atoms with van der Waals surface area (Å²) in [6, 6.07) is 17.0. The molecule has 1 fully saturated rings. The zero-order chi connectivity index (χ0) is 27.1. The first kappa shape index (κ1) is 25.2. The number of ether oxygens (including phenoxy) is 3. The first-order valence-electron chi connectivity index (χ1n) is 12.4. The molecule has 2 aliphatic heterocycles. The predicted molar refractivity (Wildman–Crippen MR) is 145 cm³/mol. The molecule has 8 nitrogen and oxygen atoms in total. The second-order valence-electron chi connectivity index (χ2n) is 9.84. The molecule has 0 saturated carbocycles. The largest absolute Gasteiger partial charge is 0.507 e. The van der Waals surface area contributed by atoms with E-state index in [0.29, 0.717) is 34.1 Å². The Morgan fingerprint density at radius 2 is 1.71 bits per heavy atom. The number of benzene rings is 3. The first-order valence-corrected chi connectivity index (χ1v) is 12.4. The van der Waals surface area contributed by atoms with E-state index in [0.717, 1.165) is 11.3 Å². The number of aliphatic hydroxyl groups excluding tert-OH is 1. The lowest BCUT2D eigenvalue weighted by Gasteiger charge is -2.26. The van der Waals surface area contributed by atoms with Crippen molar-refractivity contribution in [3.8, 4) is 17.2 Å². The van der Waals surface area contributed by atoms with Gasteiger partial charge in [-0.15, -0.1) is 0 Å². The molecule has 38 heavy (non-hydrogen) atoms. The van der Waals surface area contributed by atoms with Crippen LogP contribution in [0, 0.1) is 6.92 Å². The van der Waals surface area contributed by atoms with Crippen LogP contribution in [0.3, 0.4) is 0 Å². The number of amides is 1. The van der Waals surface area contributed by atoms with Gasteiger partial charge < -0.3 is 24.2 Å². The van der Waals surface area contributed by atoms with Crippen LogP contribution in [0.1, 0.15) is 36.6 Å². The lowest BCUT2D eigenvalue weighted by molar-refractivity contribution is -0.132. The molecule has 2 aliphatic rings. The van der Waals surface area contributed by atoms with Crippen LogP contribution in [-0.2, 0) is 9.59 Å². The molecule has 3 aromatic carbocycles. The molecule has 0 aromatic heterocycles. The van der Waals surface area contributed by atoms with E-state index >= 15 is 0 Å². The van der Waals surface area contributed by atoms with E-state index < -0.39 is 17.7 Å². The molecule has 3 aromatic rings. The fourth-order valence-corrected chi connectivity index (χ4v) is 4.74. The van der Waals surface area contributed by atoms with Crippen molar-refractivity contribution in [2.45, 2.75) is 32.9 Å². The summed E-state index contributed by atoms with van der Waals surface area (Å²) < 4.78 is 16.8. The van der Waals surface area contributed by atoms with Gasteiger partial charge in [-0.2, -0.15) is 0 Å². The minimum Gasteiger partial charge on any atom is -0.507 e. The van der Waals surface area contributed by atoms with Crippen LogP contribution in [0.2, 0.25) is 0 Å². The highest BCUT2D eigenvalue weighted by molar-refractivity contribution is 6.51. The van der Waals surface area contributed by atoms with Gasteiger partial charge in [0.05, 0.1) is 17.7 Å². The highest BCUT2D eigenvalue weighted by Crippen LogP contribution is 2.45. The summed E-state index contributed by atoms with van der Waals surface area (Å²) in [6.07, 6.45) is -0.00897. The Balaban J connectivity index is 1.66. The average molecular weight is 515 g/mol. The molecule has 196 valence electrons. The summed E-state index contributed by atoms with van der Waals surface area (Å²) in [6.45, 7) is 5.83. The summed E-state index contributed by atoms with van der Waals surface area (Å²) in [5, 5.41) is 11.5. The van der Waals surface area contributed by atoms with Crippen LogP contribution >= 0.6 is 0 Å². The number of Topliss-reactive ketones (excluding diaryl/α,β-unsaturated/α-hetero) is 1. The lowest BCUT2D eigenvalue weighted by atomic mass is 9.94. The van der Waals surface area contributed by atoms with Gasteiger partial charge in [0, 0.05) is 37.1 Å². The third-order valence-electron chi connectivity index (χ3n) is 6.62. The number of carbonyl (C=O) groups excluding carboxylic acids is 2. The second kappa shape index (κ2) is 9.78. The molecule has 1 amide bonds. The number of rotatable bonds is 6. The number of hydrogen-bond acceptors (Lipinski definition) is 7. The fraction of sp³-hybridized carbons (Fsp3) is 0.267. The summed E-state index contributed by atoms with van der Waals surface area (Å²) in [5.74, 6) is 0.00475. The standard InChI is InChI=1S/C30H30N2O6/c1-17(2)38-23-12-8-20(14-18(23)3)28(33)26-27(19-6-9-21(10-7-19)31(4)5)32(30(35)29(26)34)22-11-13-24-25(15-22)37-16-36-24/h6-15,17,27,33H,16H2,1-5H3/b28-26+. The van der Waals surface area contributed by atoms with Gasteiger partial charge in [0.15, 0.2) is 11.5 Å². The summed E-state index contributed by atoms with van der Waals surface area (Å²) in [5.41, 5.74) is 3.36. The molecular formula is C30H30N2O6. The Bertz CT molecular complexity index is 1440. The minimum atomic E-state index is -0.849. The molecule has 0 spiro atoms. The summed E-state index contributed by atoms with van der Waals surface area (Å²) in [4.78, 5) is 30.3. The van der Waals surface area contributed by atoms with E-state index in [1.807, 2.05) is 64.0 Å². The molecule has 8 heteroatoms. The predicted octanol–water partition coefficient (Wildman–Crippen LogP) is 5.20. The number of fused-ring (bicyclic) bond motifs is 1. The van der Waals surface area contributed by atoms with Crippen molar-refractivity contribution in [1.29, 1.82) is 0 Å². The Morgan fingerprint density at radius 1 is 1.00 bits per heavy atom. The topological polar surface area (TPSA) is 88.5 Å². The van der Waals surface area contributed by atoms with Gasteiger partial charge in [-0.1, -0.05) is 12.1 Å². The molecule has 0 bridgehead atoms. The Hall–Kier alpha value is -4.46. The van der Waals surface area contributed by atoms with Crippen LogP contribution in [0.25, 0.3) is 5.76 Å². The van der Waals surface area contributed by atoms with Gasteiger partial charge in [-0.25, -0.2) is 0 Å². The van der Waals surface area contributed by atoms with Gasteiger partial charge >= 0.3 is 0 Å². The average Bonchev–Trinajstić information content (AvgIpc) is 3.46. The Morgan fingerprint density at radius 3 is 2.37 bits per heavy atom. The van der Waals surface area contributed by atoms with Gasteiger partial charge in [0.2, 0.25) is 6.79 Å². The third-order valence-corrected chi connectivity index (χ3v) is 6.62. The van der Waals surface area contributed by atoms with Gasteiger partial charge in [-0.05, 0) is 74.4 Å². The molecule has 1 saturated heterocycles. The van der Waals surface area contributed by atoms with Crippen LogP contribution < -0.4 is 24.0 Å². The van der Waals surface area contributed by atoms with E-state index in [1.54, 1.807) is 36.4 Å². The summed E-state index contributed by atoms with van der Waals surface area (Å²) in [7, 11) is 3.87. The number of aryl methyl sites for hydroxylation is 1. The van der Waals surface area contributed by atoms with Crippen LogP contribution in [0.5, 0.6) is 17.2 Å². The van der Waals surface area contributed by atoms with E-state index in [4.69, 9.17) is 14.2 Å². The SMILES string of the molecule is Cc1cc(/C(O)=C2\C(=O)C(=O)N(c3ccc4c(c3)OCO4)C2c2ccc(N(C)C)cc2)ccc1OC(C)C. The maximum atomic E-state index is 13.5. The molecule has 1 N–H and O–H groups in total. The molecule has 0 aliphatic carbocycles. The van der Waals surface area contributed by atoms with Crippen molar-refractivity contribution in [3.63, 3.8) is 0 Å². The molecule has 1 unspecified atom stereocenters. The smallest absolute Gasteiger partial charge is 0.300 e. The molecule has 5 rings (SSSR count). The first-order chi connectivity index (χ1) is 18.2. The van der Waals surface area contributed by atoms with E-state index in [9.17, 15) is 14.7 Å². The maximum Gasteiger partial charge on any atom is 0.300 e. The number of ketones is 1. The van der Waals surface area contributed by atoms with Gasteiger partial charge in [-0.3, -0.25) is 14.5 Å². The number of nitrogens with zero attached hydrogens (tertiary/aromatic N) is 2. The Labute approximate surface area is 221 Å². The van der Waals surface area contributed by atoms with E-state index in [2.05, 4.69) is 0 Å². The third kappa shape index (κ3) is 4.42. The highest BCUT2D eigenvalue weighted by atomic mass is 16.7. The van der Waals surface area contributed by atoms with Crippen molar-refractivity contribution in [3.05, 3.63) is 82.9 Å². The molecular weight excluding hydrogens is 484 g/mol. The van der Waals surface area contributed by atoms with Crippen molar-refractivity contribution < 1.29 is 28.9 Å². The van der Waals surface area contributed by atoms with Crippen molar-refractivity contribution >= 4 is 28.8 Å². The zero-order valence-corrected chi connectivity index (χ0v) is 22.0. The van der Waals surface area contributed by atoms with Crippen LogP contribution in [0.15, 0.2) is 66.2 Å². The highest BCUT2D eigenvalue weighted by Gasteiger charge is 2.47. The van der Waals surface area contributed by atoms with Crippen molar-refractivity contribution in [2.24, 2.45) is 0 Å². The maximum absolute atomic E-state index is 13.5. The van der Waals surface area contributed by atoms with Gasteiger partial charge in [0.1, 0.15) is 11.5 Å². The van der Waals surface area contributed by atoms with E-state index in [-0.39, 0.29) is 24.2 Å². The fourth-order valence-electron chi connectivity index (χ4n) is 4.74. The number of anilines is 2. The normalized spacial score (nSPS) is 17.8. The molecule has 0 radical (unpaired) electrons. The zero-order valence-electron chi connectivity index (χ0n) is 22.0. The number of carbonyl (C=O) groups is 2. The lowest BCUT2D eigenvalue weighted by Crippen LogP contribution is -2.29. The number of hydrogen-bond donors (Lipinski definition) is 1. The van der Waals surface area contributed by atoms with E-state index in [1.165, 1.54) is 4.90 Å². The van der Waals surface area contributed by atoms with Gasteiger partial charge in [0.25, 0.3) is 11.7 Å². The quantitative estimate of drug-likeness (QED) is 0.275. The van der Waals surface area contributed by atoms with Crippen LogP contribution in [0.4, 0.5) is 11.4 Å². The molecule has 1 atom stereocenters. The molecule has 2 heterocycles. The van der Waals surface area contributed by atoms with Crippen LogP contribution in [-0.4, -0.2) is 43.8 Å². The monoisotopic (exact) mass is 514 g/mol. The number of aliphatic hydroxyl groups is 1. The minimum absolute atomic E-state index is 0.00897. The Kier molecular flexibility index (Phi) is 6.48. The summed E-state index contributed by atoms with van der Waals surface area (Å²) >= 11 is 0. The van der Waals surface area contributed by atoms with Crippen molar-refractivity contribution in [1.82, 2.24) is 0 Å².